The summed E-state index contributed by atoms with van der Waals surface area (Å²) in [5.74, 6) is 1.21. The van der Waals surface area contributed by atoms with Gasteiger partial charge >= 0.3 is 0 Å². The fraction of sp³-hybridized carbons (Fsp3) is 0.391. The topological polar surface area (TPSA) is 87.7 Å². The number of Topliss-reactive ketones (excluding diaryl/α,β-unsaturated/α-hetero) is 2. The number of rotatable bonds is 7. The van der Waals surface area contributed by atoms with E-state index in [9.17, 15) is 9.59 Å². The Bertz CT molecular complexity index is 1060. The van der Waals surface area contributed by atoms with Crippen molar-refractivity contribution < 1.29 is 14.3 Å². The van der Waals surface area contributed by atoms with Gasteiger partial charge in [-0.15, -0.1) is 0 Å². The smallest absolute Gasteiger partial charge is 0.227 e. The van der Waals surface area contributed by atoms with Crippen molar-refractivity contribution in [2.24, 2.45) is 0 Å². The predicted octanol–water partition coefficient (Wildman–Crippen LogP) is 3.09. The van der Waals surface area contributed by atoms with Crippen molar-refractivity contribution in [2.75, 3.05) is 50.1 Å². The Morgan fingerprint density at radius 1 is 1.25 bits per heavy atom. The average Bonchev–Trinajstić information content (AvgIpc) is 2.79. The number of nitrogens with one attached hydrogen (secondary N) is 1. The van der Waals surface area contributed by atoms with Crippen molar-refractivity contribution in [2.45, 2.75) is 19.8 Å². The standard InChI is InChI=1S/C23H26ClN5O3/c1-3-18(30)14-32-21-12-16-10-17(5-4-15(16)11-20(21)31)26-22-19(24)13-25-23(27-22)29-8-6-28(2)7-9-29/h4-5,10,12-13H,3,6-9,11,14H2,1-2H3,(H,25,26,27). The van der Waals surface area contributed by atoms with Crippen LogP contribution in [-0.4, -0.2) is 66.3 Å². The van der Waals surface area contributed by atoms with Crippen LogP contribution in [0.15, 0.2) is 30.2 Å². The molecule has 1 fully saturated rings. The molecule has 2 aromatic rings. The zero-order valence-electron chi connectivity index (χ0n) is 18.2. The number of likely N-dealkylation sites (N-methyl/N-ethyl adjacent to an activating group) is 1. The molecule has 0 spiro atoms. The van der Waals surface area contributed by atoms with Gasteiger partial charge in [0.25, 0.3) is 0 Å². The molecule has 1 aromatic heterocycles. The summed E-state index contributed by atoms with van der Waals surface area (Å²) >= 11 is 6.36. The first-order valence-electron chi connectivity index (χ1n) is 10.7. The van der Waals surface area contributed by atoms with Crippen molar-refractivity contribution >= 4 is 46.7 Å². The highest BCUT2D eigenvalue weighted by atomic mass is 35.5. The van der Waals surface area contributed by atoms with Crippen LogP contribution in [-0.2, 0) is 20.7 Å². The van der Waals surface area contributed by atoms with E-state index in [4.69, 9.17) is 16.3 Å². The van der Waals surface area contributed by atoms with E-state index in [1.54, 1.807) is 19.2 Å². The van der Waals surface area contributed by atoms with Gasteiger partial charge in [-0.25, -0.2) is 4.98 Å². The molecule has 0 radical (unpaired) electrons. The molecule has 1 saturated heterocycles. The molecule has 1 aromatic carbocycles. The van der Waals surface area contributed by atoms with Crippen LogP contribution in [0.1, 0.15) is 24.5 Å². The Balaban J connectivity index is 1.53. The van der Waals surface area contributed by atoms with Gasteiger partial charge in [0.15, 0.2) is 17.4 Å². The Labute approximate surface area is 192 Å². The molecule has 168 valence electrons. The molecule has 0 atom stereocenters. The van der Waals surface area contributed by atoms with Gasteiger partial charge in [0.1, 0.15) is 11.6 Å². The summed E-state index contributed by atoms with van der Waals surface area (Å²) in [6.45, 7) is 5.31. The van der Waals surface area contributed by atoms with Crippen LogP contribution in [0.2, 0.25) is 5.02 Å². The van der Waals surface area contributed by atoms with Crippen molar-refractivity contribution in [1.82, 2.24) is 14.9 Å². The summed E-state index contributed by atoms with van der Waals surface area (Å²) in [5.41, 5.74) is 2.54. The number of hydrogen-bond donors (Lipinski definition) is 1. The van der Waals surface area contributed by atoms with Crippen molar-refractivity contribution in [3.8, 4) is 0 Å². The van der Waals surface area contributed by atoms with E-state index in [-0.39, 0.29) is 30.4 Å². The normalized spacial score (nSPS) is 16.4. The van der Waals surface area contributed by atoms with Crippen molar-refractivity contribution in [3.05, 3.63) is 46.3 Å². The van der Waals surface area contributed by atoms with Gasteiger partial charge in [-0.05, 0) is 36.4 Å². The Hall–Kier alpha value is -2.97. The van der Waals surface area contributed by atoms with E-state index < -0.39 is 0 Å². The van der Waals surface area contributed by atoms with Gasteiger partial charge in [0.2, 0.25) is 11.7 Å². The van der Waals surface area contributed by atoms with Gasteiger partial charge in [0.05, 0.1) is 6.20 Å². The number of carbonyl (C=O) groups is 2. The van der Waals surface area contributed by atoms with Crippen LogP contribution in [0.5, 0.6) is 0 Å². The van der Waals surface area contributed by atoms with E-state index in [1.165, 1.54) is 0 Å². The van der Waals surface area contributed by atoms with Crippen LogP contribution < -0.4 is 10.2 Å². The van der Waals surface area contributed by atoms with Gasteiger partial charge in [0, 0.05) is 44.7 Å². The fourth-order valence-electron chi connectivity index (χ4n) is 3.57. The first kappa shape index (κ1) is 22.2. The molecule has 0 saturated carbocycles. The lowest BCUT2D eigenvalue weighted by Crippen LogP contribution is -2.45. The molecule has 1 aliphatic heterocycles. The third kappa shape index (κ3) is 5.08. The molecule has 9 heteroatoms. The molecule has 0 bridgehead atoms. The number of allylic oxidation sites excluding steroid dienone is 1. The summed E-state index contributed by atoms with van der Waals surface area (Å²) < 4.78 is 5.46. The van der Waals surface area contributed by atoms with Gasteiger partial charge in [-0.1, -0.05) is 24.6 Å². The zero-order valence-corrected chi connectivity index (χ0v) is 19.0. The minimum absolute atomic E-state index is 0.0468. The van der Waals surface area contributed by atoms with E-state index in [2.05, 4.69) is 32.1 Å². The number of nitrogens with zero attached hydrogens (tertiary/aromatic N) is 4. The SMILES string of the molecule is CCC(=O)COC1=Cc2cc(Nc3nc(N4CCN(C)CC4)ncc3Cl)ccc2CC1=O. The summed E-state index contributed by atoms with van der Waals surface area (Å²) in [6.07, 6.45) is 3.91. The second-order valence-electron chi connectivity index (χ2n) is 7.98. The summed E-state index contributed by atoms with van der Waals surface area (Å²) in [7, 11) is 2.10. The van der Waals surface area contributed by atoms with Gasteiger partial charge < -0.3 is 19.9 Å². The Morgan fingerprint density at radius 2 is 2.03 bits per heavy atom. The molecule has 0 unspecified atom stereocenters. The first-order valence-corrected chi connectivity index (χ1v) is 11.1. The highest BCUT2D eigenvalue weighted by molar-refractivity contribution is 6.32. The van der Waals surface area contributed by atoms with Crippen molar-refractivity contribution in [3.63, 3.8) is 0 Å². The molecule has 1 N–H and O–H groups in total. The average molecular weight is 456 g/mol. The van der Waals surface area contributed by atoms with Crippen LogP contribution in [0.3, 0.4) is 0 Å². The zero-order chi connectivity index (χ0) is 22.7. The minimum Gasteiger partial charge on any atom is -0.482 e. The maximum absolute atomic E-state index is 12.3. The number of aromatic nitrogens is 2. The molecule has 0 amide bonds. The lowest BCUT2D eigenvalue weighted by molar-refractivity contribution is -0.124. The summed E-state index contributed by atoms with van der Waals surface area (Å²) in [5, 5.41) is 3.69. The molecule has 32 heavy (non-hydrogen) atoms. The van der Waals surface area contributed by atoms with Gasteiger partial charge in [-0.2, -0.15) is 4.98 Å². The third-order valence-electron chi connectivity index (χ3n) is 5.62. The second kappa shape index (κ2) is 9.67. The highest BCUT2D eigenvalue weighted by Crippen LogP contribution is 2.29. The lowest BCUT2D eigenvalue weighted by Gasteiger charge is -2.32. The number of benzene rings is 1. The van der Waals surface area contributed by atoms with Crippen LogP contribution in [0.25, 0.3) is 6.08 Å². The number of fused-ring (bicyclic) bond motifs is 1. The number of carbonyl (C=O) groups excluding carboxylic acids is 2. The van der Waals surface area contributed by atoms with Crippen LogP contribution in [0.4, 0.5) is 17.5 Å². The van der Waals surface area contributed by atoms with E-state index >= 15 is 0 Å². The highest BCUT2D eigenvalue weighted by Gasteiger charge is 2.21. The van der Waals surface area contributed by atoms with E-state index in [0.717, 1.165) is 43.0 Å². The number of hydrogen-bond acceptors (Lipinski definition) is 8. The maximum Gasteiger partial charge on any atom is 0.227 e. The number of ketones is 2. The molecule has 2 aliphatic rings. The Morgan fingerprint density at radius 3 is 2.78 bits per heavy atom. The Kier molecular flexibility index (Phi) is 6.72. The second-order valence-corrected chi connectivity index (χ2v) is 8.39. The summed E-state index contributed by atoms with van der Waals surface area (Å²) in [6, 6.07) is 5.71. The fourth-order valence-corrected chi connectivity index (χ4v) is 3.71. The van der Waals surface area contributed by atoms with Gasteiger partial charge in [-0.3, -0.25) is 9.59 Å². The predicted molar refractivity (Wildman–Crippen MR) is 124 cm³/mol. The molecule has 1 aliphatic carbocycles. The molecule has 2 heterocycles. The molecular formula is C23H26ClN5O3. The quantitative estimate of drug-likeness (QED) is 0.681. The number of piperazine rings is 1. The molecule has 8 nitrogen and oxygen atoms in total. The summed E-state index contributed by atoms with van der Waals surface area (Å²) in [4.78, 5) is 37.3. The monoisotopic (exact) mass is 455 g/mol. The number of ether oxygens (including phenoxy) is 1. The van der Waals surface area contributed by atoms with Crippen molar-refractivity contribution in [1.29, 1.82) is 0 Å². The number of anilines is 3. The third-order valence-corrected chi connectivity index (χ3v) is 5.90. The lowest BCUT2D eigenvalue weighted by atomic mass is 9.95. The largest absolute Gasteiger partial charge is 0.482 e. The maximum atomic E-state index is 12.3. The van der Waals surface area contributed by atoms with E-state index in [1.807, 2.05) is 18.2 Å². The minimum atomic E-state index is -0.127. The van der Waals surface area contributed by atoms with Crippen LogP contribution >= 0.6 is 11.6 Å². The molecule has 4 rings (SSSR count). The van der Waals surface area contributed by atoms with Crippen LogP contribution in [0, 0.1) is 0 Å². The number of halogens is 1. The van der Waals surface area contributed by atoms with E-state index in [0.29, 0.717) is 23.2 Å². The molecular weight excluding hydrogens is 430 g/mol. The first-order chi connectivity index (χ1) is 15.4.